The molecule has 0 radical (unpaired) electrons. The van der Waals surface area contributed by atoms with Crippen molar-refractivity contribution in [2.75, 3.05) is 37.7 Å². The number of hydrogen-bond acceptors (Lipinski definition) is 9. The zero-order chi connectivity index (χ0) is 31.8. The summed E-state index contributed by atoms with van der Waals surface area (Å²) in [6.07, 6.45) is 2.18. The maximum Gasteiger partial charge on any atom is 0.338 e. The summed E-state index contributed by atoms with van der Waals surface area (Å²) in [4.78, 5) is 50.9. The van der Waals surface area contributed by atoms with Gasteiger partial charge in [0, 0.05) is 48.7 Å². The van der Waals surface area contributed by atoms with Crippen LogP contribution in [-0.4, -0.2) is 71.5 Å². The van der Waals surface area contributed by atoms with Crippen molar-refractivity contribution in [2.45, 2.75) is 26.3 Å². The quantitative estimate of drug-likeness (QED) is 0.351. The zero-order valence-electron chi connectivity index (χ0n) is 24.6. The number of fused-ring (bicyclic) bond motifs is 1. The molecular formula is C32H31F2N5O5S. The fourth-order valence-electron chi connectivity index (χ4n) is 6.35. The van der Waals surface area contributed by atoms with E-state index in [2.05, 4.69) is 15.2 Å². The van der Waals surface area contributed by atoms with E-state index in [1.54, 1.807) is 32.2 Å². The number of ether oxygens (including phenoxy) is 1. The number of benzene rings is 2. The molecule has 2 N–H and O–H groups in total. The normalized spacial score (nSPS) is 21.8. The smallest absolute Gasteiger partial charge is 0.338 e. The minimum Gasteiger partial charge on any atom is -0.478 e. The number of nitrogens with one attached hydrogen (secondary N) is 1. The van der Waals surface area contributed by atoms with Crippen molar-refractivity contribution in [3.63, 3.8) is 0 Å². The van der Waals surface area contributed by atoms with Gasteiger partial charge in [-0.05, 0) is 62.2 Å². The van der Waals surface area contributed by atoms with Gasteiger partial charge in [-0.1, -0.05) is 12.1 Å². The lowest BCUT2D eigenvalue weighted by Gasteiger charge is -2.36. The second kappa shape index (κ2) is 12.5. The van der Waals surface area contributed by atoms with E-state index in [-0.39, 0.29) is 47.7 Å². The maximum absolute atomic E-state index is 14.9. The Morgan fingerprint density at radius 1 is 1.18 bits per heavy atom. The van der Waals surface area contributed by atoms with Crippen LogP contribution in [0, 0.1) is 30.4 Å². The van der Waals surface area contributed by atoms with Gasteiger partial charge in [0.25, 0.3) is 0 Å². The molecule has 2 fully saturated rings. The molecule has 2 saturated heterocycles. The van der Waals surface area contributed by atoms with Crippen LogP contribution in [0.25, 0.3) is 0 Å². The van der Waals surface area contributed by atoms with Gasteiger partial charge in [-0.15, -0.1) is 11.3 Å². The molecule has 0 saturated carbocycles. The summed E-state index contributed by atoms with van der Waals surface area (Å²) < 4.78 is 35.1. The number of likely N-dealkylation sites (tertiary alicyclic amines) is 1. The maximum atomic E-state index is 14.9. The fraction of sp³-hybridized carbons (Fsp3) is 0.344. The number of carboxylic acid groups (broad SMARTS) is 1. The van der Waals surface area contributed by atoms with Gasteiger partial charge in [0.15, 0.2) is 10.8 Å². The van der Waals surface area contributed by atoms with Crippen LogP contribution in [0.4, 0.5) is 14.5 Å². The number of hydrogen-bond donors (Lipinski definition) is 2. The van der Waals surface area contributed by atoms with Crippen molar-refractivity contribution < 1.29 is 33.0 Å². The second-order valence-electron chi connectivity index (χ2n) is 11.2. The number of carboxylic acids is 1. The number of anilines is 1. The molecular weight excluding hydrogens is 604 g/mol. The highest BCUT2D eigenvalue weighted by Gasteiger charge is 2.45. The monoisotopic (exact) mass is 635 g/mol. The minimum atomic E-state index is -1.25. The molecule has 3 aliphatic rings. The number of aromatic carboxylic acids is 1. The molecule has 6 rings (SSSR count). The first kappa shape index (κ1) is 30.5. The molecule has 13 heteroatoms. The highest BCUT2D eigenvalue weighted by molar-refractivity contribution is 7.11. The lowest BCUT2D eigenvalue weighted by Crippen LogP contribution is -2.45. The van der Waals surface area contributed by atoms with Gasteiger partial charge in [0.1, 0.15) is 17.7 Å². The molecule has 234 valence electrons. The Kier molecular flexibility index (Phi) is 8.47. The Morgan fingerprint density at radius 2 is 2.00 bits per heavy atom. The summed E-state index contributed by atoms with van der Waals surface area (Å²) in [5.41, 5.74) is 1.61. The number of piperidine rings is 1. The van der Waals surface area contributed by atoms with Gasteiger partial charge in [0.2, 0.25) is 5.91 Å². The minimum absolute atomic E-state index is 0.0600. The Morgan fingerprint density at radius 3 is 2.71 bits per heavy atom. The Labute approximate surface area is 262 Å². The van der Waals surface area contributed by atoms with Gasteiger partial charge in [-0.25, -0.2) is 23.4 Å². The third kappa shape index (κ3) is 5.85. The van der Waals surface area contributed by atoms with Crippen LogP contribution in [0.3, 0.4) is 0 Å². The lowest BCUT2D eigenvalue weighted by molar-refractivity contribution is -0.139. The topological polar surface area (TPSA) is 124 Å². The van der Waals surface area contributed by atoms with Gasteiger partial charge in [0.05, 0.1) is 23.4 Å². The number of carbonyl (C=O) groups is 3. The summed E-state index contributed by atoms with van der Waals surface area (Å²) in [6, 6.07) is 7.42. The highest BCUT2D eigenvalue weighted by atomic mass is 32.1. The van der Waals surface area contributed by atoms with Crippen LogP contribution >= 0.6 is 11.3 Å². The number of rotatable bonds is 8. The van der Waals surface area contributed by atoms with Crippen LogP contribution in [0.2, 0.25) is 0 Å². The molecule has 3 aromatic rings. The number of nitrogens with zero attached hydrogens (tertiary/aromatic N) is 4. The number of carbonyl (C=O) groups excluding carboxylic acids is 2. The number of aromatic nitrogens is 1. The van der Waals surface area contributed by atoms with Crippen molar-refractivity contribution in [2.24, 2.45) is 16.8 Å². The second-order valence-corrected chi connectivity index (χ2v) is 12.1. The van der Waals surface area contributed by atoms with Gasteiger partial charge < -0.3 is 20.1 Å². The van der Waals surface area contributed by atoms with Crippen LogP contribution < -0.4 is 10.2 Å². The number of amidine groups is 1. The lowest BCUT2D eigenvalue weighted by atomic mass is 9.87. The van der Waals surface area contributed by atoms with Gasteiger partial charge in [-0.2, -0.15) is 0 Å². The first-order valence-corrected chi connectivity index (χ1v) is 15.5. The molecule has 2 aromatic carbocycles. The first-order chi connectivity index (χ1) is 21.7. The largest absolute Gasteiger partial charge is 0.478 e. The van der Waals surface area contributed by atoms with Crippen LogP contribution in [0.5, 0.6) is 0 Å². The van der Waals surface area contributed by atoms with E-state index in [0.717, 1.165) is 6.07 Å². The molecule has 0 aliphatic carbocycles. The molecule has 3 atom stereocenters. The number of aliphatic imine (C=N–C) groups is 1. The molecule has 0 spiro atoms. The molecule has 0 bridgehead atoms. The first-order valence-electron chi connectivity index (χ1n) is 14.6. The average Bonchev–Trinajstić information content (AvgIpc) is 3.67. The third-order valence-electron chi connectivity index (χ3n) is 8.55. The third-order valence-corrected chi connectivity index (χ3v) is 9.33. The van der Waals surface area contributed by atoms with Gasteiger partial charge >= 0.3 is 11.9 Å². The van der Waals surface area contributed by atoms with Crippen LogP contribution in [0.15, 0.2) is 64.2 Å². The highest BCUT2D eigenvalue weighted by Crippen LogP contribution is 2.38. The Bertz CT molecular complexity index is 1730. The molecule has 3 aliphatic heterocycles. The molecule has 4 heterocycles. The molecule has 1 aromatic heterocycles. The Hall–Kier alpha value is -4.49. The van der Waals surface area contributed by atoms with E-state index in [4.69, 9.17) is 9.73 Å². The van der Waals surface area contributed by atoms with Crippen molar-refractivity contribution in [3.8, 4) is 0 Å². The zero-order valence-corrected chi connectivity index (χ0v) is 25.4. The summed E-state index contributed by atoms with van der Waals surface area (Å²) in [5.74, 6) is -3.14. The fourth-order valence-corrected chi connectivity index (χ4v) is 6.94. The molecule has 10 nitrogen and oxygen atoms in total. The van der Waals surface area contributed by atoms with E-state index < -0.39 is 29.6 Å². The van der Waals surface area contributed by atoms with E-state index in [1.807, 2.05) is 5.38 Å². The molecule has 1 amide bonds. The summed E-state index contributed by atoms with van der Waals surface area (Å²) in [7, 11) is 0. The van der Waals surface area contributed by atoms with Crippen LogP contribution in [-0.2, 0) is 14.3 Å². The SMILES string of the molecule is CCOC(=O)C1=C(CN2CC[C@H]3C(=O)N(c4ccc(C(=O)O)cc4F)C[C@H]3C2)NC(c2nccs2)=N[C@H]1c1cccc(F)c1C. The van der Waals surface area contributed by atoms with E-state index >= 15 is 0 Å². The van der Waals surface area contributed by atoms with Crippen molar-refractivity contribution in [3.05, 3.63) is 92.6 Å². The van der Waals surface area contributed by atoms with E-state index in [1.165, 1.54) is 34.4 Å². The predicted molar refractivity (Wildman–Crippen MR) is 163 cm³/mol. The summed E-state index contributed by atoms with van der Waals surface area (Å²) in [5, 5.41) is 14.9. The number of amides is 1. The predicted octanol–water partition coefficient (Wildman–Crippen LogP) is 4.32. The summed E-state index contributed by atoms with van der Waals surface area (Å²) in [6.45, 7) is 5.11. The number of esters is 1. The summed E-state index contributed by atoms with van der Waals surface area (Å²) >= 11 is 1.38. The number of thiazole rings is 1. The molecule has 45 heavy (non-hydrogen) atoms. The van der Waals surface area contributed by atoms with Crippen molar-refractivity contribution >= 4 is 40.7 Å². The Balaban J connectivity index is 1.30. The van der Waals surface area contributed by atoms with E-state index in [9.17, 15) is 28.3 Å². The van der Waals surface area contributed by atoms with E-state index in [0.29, 0.717) is 53.7 Å². The standard InChI is InChI=1S/C32H31F2N5O5S/c1-3-44-32(43)26-24(36-28(29-35-10-12-45-29)37-27(26)20-5-4-6-22(33)17(20)2)16-38-11-9-21-19(14-38)15-39(30(21)40)25-8-7-18(31(41)42)13-23(25)34/h4-8,10,12-13,19,21,27H,3,9,11,14-16H2,1-2H3,(H,36,37)(H,41,42)/t19-,21-,27+/m1/s1. The van der Waals surface area contributed by atoms with Crippen molar-refractivity contribution in [1.82, 2.24) is 15.2 Å². The number of halogens is 2. The van der Waals surface area contributed by atoms with Gasteiger partial charge in [-0.3, -0.25) is 14.7 Å². The molecule has 0 unspecified atom stereocenters. The average molecular weight is 636 g/mol. The van der Waals surface area contributed by atoms with Crippen LogP contribution in [0.1, 0.15) is 45.9 Å². The van der Waals surface area contributed by atoms with Crippen molar-refractivity contribution in [1.29, 1.82) is 0 Å².